The Bertz CT molecular complexity index is 1190. The SMILES string of the molecule is CC(C)OC(=O)CC(NC(=O)CCn1c(-c2cccs2)n[nH]c1=S)c1ccccc1[N+](=O)[O-]. The van der Waals surface area contributed by atoms with Crippen LogP contribution in [0.3, 0.4) is 0 Å². The Balaban J connectivity index is 1.77. The molecule has 1 atom stereocenters. The number of nitro groups is 1. The normalized spacial score (nSPS) is 11.8. The fourth-order valence-corrected chi connectivity index (χ4v) is 4.21. The van der Waals surface area contributed by atoms with Gasteiger partial charge in [-0.3, -0.25) is 29.4 Å². The van der Waals surface area contributed by atoms with E-state index >= 15 is 0 Å². The molecule has 2 aromatic heterocycles. The van der Waals surface area contributed by atoms with Crippen molar-refractivity contribution in [3.63, 3.8) is 0 Å². The van der Waals surface area contributed by atoms with Gasteiger partial charge in [-0.2, -0.15) is 5.10 Å². The molecule has 12 heteroatoms. The average Bonchev–Trinajstić information content (AvgIpc) is 3.41. The maximum atomic E-state index is 12.8. The van der Waals surface area contributed by atoms with Crippen molar-refractivity contribution in [1.82, 2.24) is 20.1 Å². The van der Waals surface area contributed by atoms with Crippen molar-refractivity contribution < 1.29 is 19.2 Å². The van der Waals surface area contributed by atoms with Gasteiger partial charge in [-0.25, -0.2) is 0 Å². The molecule has 174 valence electrons. The summed E-state index contributed by atoms with van der Waals surface area (Å²) in [6.07, 6.45) is -0.554. The number of rotatable bonds is 10. The van der Waals surface area contributed by atoms with E-state index in [1.807, 2.05) is 17.5 Å². The maximum absolute atomic E-state index is 12.8. The van der Waals surface area contributed by atoms with E-state index in [4.69, 9.17) is 17.0 Å². The van der Waals surface area contributed by atoms with E-state index in [0.717, 1.165) is 4.88 Å². The van der Waals surface area contributed by atoms with Crippen LogP contribution in [-0.2, 0) is 20.9 Å². The summed E-state index contributed by atoms with van der Waals surface area (Å²) in [4.78, 5) is 37.0. The van der Waals surface area contributed by atoms with Gasteiger partial charge in [-0.05, 0) is 37.5 Å². The number of amides is 1. The average molecular weight is 490 g/mol. The van der Waals surface area contributed by atoms with Crippen molar-refractivity contribution in [3.05, 3.63) is 62.2 Å². The Kier molecular flexibility index (Phi) is 8.06. The van der Waals surface area contributed by atoms with Crippen molar-refractivity contribution in [2.24, 2.45) is 0 Å². The fraction of sp³-hybridized carbons (Fsp3) is 0.333. The molecule has 1 aromatic carbocycles. The van der Waals surface area contributed by atoms with Gasteiger partial charge in [0.2, 0.25) is 5.91 Å². The summed E-state index contributed by atoms with van der Waals surface area (Å²) < 4.78 is 7.28. The number of benzene rings is 1. The summed E-state index contributed by atoms with van der Waals surface area (Å²) in [7, 11) is 0. The standard InChI is InChI=1S/C21H23N5O5S2/c1-13(2)31-19(28)12-15(14-6-3-4-7-16(14)26(29)30)22-18(27)9-10-25-20(23-24-21(25)32)17-8-5-11-33-17/h3-8,11,13,15H,9-10,12H2,1-2H3,(H,22,27)(H,24,32). The number of H-pyrrole nitrogens is 1. The number of nitrogens with one attached hydrogen (secondary N) is 2. The first-order chi connectivity index (χ1) is 15.8. The van der Waals surface area contributed by atoms with Gasteiger partial charge in [0.25, 0.3) is 5.69 Å². The summed E-state index contributed by atoms with van der Waals surface area (Å²) in [6, 6.07) is 8.87. The molecule has 0 aliphatic carbocycles. The molecule has 1 unspecified atom stereocenters. The van der Waals surface area contributed by atoms with Gasteiger partial charge in [0.1, 0.15) is 0 Å². The van der Waals surface area contributed by atoms with Crippen LogP contribution in [0.2, 0.25) is 0 Å². The Hall–Kier alpha value is -3.38. The Labute approximate surface area is 198 Å². The number of carbonyl (C=O) groups is 2. The highest BCUT2D eigenvalue weighted by atomic mass is 32.1. The molecule has 0 spiro atoms. The van der Waals surface area contributed by atoms with Crippen LogP contribution in [0.5, 0.6) is 0 Å². The van der Waals surface area contributed by atoms with E-state index in [0.29, 0.717) is 10.6 Å². The minimum atomic E-state index is -0.917. The lowest BCUT2D eigenvalue weighted by molar-refractivity contribution is -0.385. The van der Waals surface area contributed by atoms with E-state index in [1.54, 1.807) is 24.5 Å². The lowest BCUT2D eigenvalue weighted by atomic mass is 10.0. The molecule has 0 aliphatic heterocycles. The van der Waals surface area contributed by atoms with Crippen LogP contribution < -0.4 is 5.32 Å². The molecule has 0 fully saturated rings. The van der Waals surface area contributed by atoms with E-state index in [-0.39, 0.29) is 36.7 Å². The summed E-state index contributed by atoms with van der Waals surface area (Å²) >= 11 is 6.78. The molecule has 10 nitrogen and oxygen atoms in total. The number of ether oxygens (including phenoxy) is 1. The van der Waals surface area contributed by atoms with Crippen LogP contribution >= 0.6 is 23.6 Å². The van der Waals surface area contributed by atoms with Crippen LogP contribution in [0.4, 0.5) is 5.69 Å². The summed E-state index contributed by atoms with van der Waals surface area (Å²) in [5.41, 5.74) is 0.0490. The van der Waals surface area contributed by atoms with Crippen molar-refractivity contribution in [1.29, 1.82) is 0 Å². The predicted molar refractivity (Wildman–Crippen MR) is 125 cm³/mol. The molecule has 0 saturated carbocycles. The van der Waals surface area contributed by atoms with Crippen LogP contribution in [0.25, 0.3) is 10.7 Å². The van der Waals surface area contributed by atoms with Crippen molar-refractivity contribution in [2.45, 2.75) is 45.4 Å². The van der Waals surface area contributed by atoms with Gasteiger partial charge >= 0.3 is 5.97 Å². The second kappa shape index (κ2) is 11.0. The first-order valence-electron chi connectivity index (χ1n) is 10.2. The van der Waals surface area contributed by atoms with Gasteiger partial charge in [-0.1, -0.05) is 24.3 Å². The largest absolute Gasteiger partial charge is 0.463 e. The Morgan fingerprint density at radius 2 is 2.06 bits per heavy atom. The van der Waals surface area contributed by atoms with Crippen LogP contribution in [0, 0.1) is 14.9 Å². The van der Waals surface area contributed by atoms with E-state index < -0.39 is 22.8 Å². The minimum absolute atomic E-state index is 0.0303. The number of nitrogens with zero attached hydrogens (tertiary/aromatic N) is 3. The summed E-state index contributed by atoms with van der Waals surface area (Å²) in [5, 5.41) is 23.1. The van der Waals surface area contributed by atoms with Gasteiger partial charge in [0, 0.05) is 19.0 Å². The second-order valence-electron chi connectivity index (χ2n) is 7.41. The van der Waals surface area contributed by atoms with Crippen molar-refractivity contribution in [2.75, 3.05) is 0 Å². The zero-order valence-electron chi connectivity index (χ0n) is 18.0. The molecular weight excluding hydrogens is 466 g/mol. The lowest BCUT2D eigenvalue weighted by Gasteiger charge is -2.19. The molecule has 0 aliphatic rings. The first-order valence-corrected chi connectivity index (χ1v) is 11.5. The smallest absolute Gasteiger partial charge is 0.308 e. The molecule has 0 radical (unpaired) electrons. The topological polar surface area (TPSA) is 132 Å². The molecule has 3 aromatic rings. The van der Waals surface area contributed by atoms with E-state index in [9.17, 15) is 19.7 Å². The number of carbonyl (C=O) groups excluding carboxylic acids is 2. The van der Waals surface area contributed by atoms with Crippen LogP contribution in [0.15, 0.2) is 41.8 Å². The van der Waals surface area contributed by atoms with E-state index in [1.165, 1.54) is 29.5 Å². The lowest BCUT2D eigenvalue weighted by Crippen LogP contribution is -2.32. The molecule has 0 saturated heterocycles. The number of aromatic amines is 1. The van der Waals surface area contributed by atoms with Crippen LogP contribution in [0.1, 0.15) is 38.3 Å². The minimum Gasteiger partial charge on any atom is -0.463 e. The second-order valence-corrected chi connectivity index (χ2v) is 8.74. The third kappa shape index (κ3) is 6.33. The van der Waals surface area contributed by atoms with E-state index in [2.05, 4.69) is 15.5 Å². The number of nitro benzene ring substituents is 1. The van der Waals surface area contributed by atoms with Crippen LogP contribution in [-0.4, -0.2) is 37.7 Å². The monoisotopic (exact) mass is 489 g/mol. The van der Waals surface area contributed by atoms with Crippen molar-refractivity contribution >= 4 is 41.1 Å². The highest BCUT2D eigenvalue weighted by Crippen LogP contribution is 2.28. The highest BCUT2D eigenvalue weighted by Gasteiger charge is 2.26. The summed E-state index contributed by atoms with van der Waals surface area (Å²) in [6.45, 7) is 3.65. The summed E-state index contributed by atoms with van der Waals surface area (Å²) in [5.74, 6) is -0.334. The number of hydrogen-bond acceptors (Lipinski definition) is 8. The Morgan fingerprint density at radius 3 is 2.73 bits per heavy atom. The number of aromatic nitrogens is 3. The number of hydrogen-bond donors (Lipinski definition) is 2. The molecule has 2 heterocycles. The number of esters is 1. The highest BCUT2D eigenvalue weighted by molar-refractivity contribution is 7.71. The zero-order chi connectivity index (χ0) is 24.0. The number of thiophene rings is 1. The van der Waals surface area contributed by atoms with Gasteiger partial charge in [-0.15, -0.1) is 11.3 Å². The third-order valence-electron chi connectivity index (χ3n) is 4.64. The zero-order valence-corrected chi connectivity index (χ0v) is 19.6. The molecule has 3 rings (SSSR count). The quantitative estimate of drug-likeness (QED) is 0.189. The number of para-hydroxylation sites is 1. The van der Waals surface area contributed by atoms with Gasteiger partial charge in [0.15, 0.2) is 10.6 Å². The predicted octanol–water partition coefficient (Wildman–Crippen LogP) is 4.17. The molecule has 2 N–H and O–H groups in total. The third-order valence-corrected chi connectivity index (χ3v) is 5.82. The van der Waals surface area contributed by atoms with Crippen molar-refractivity contribution in [3.8, 4) is 10.7 Å². The maximum Gasteiger partial charge on any atom is 0.308 e. The molecule has 0 bridgehead atoms. The molecule has 33 heavy (non-hydrogen) atoms. The molecular formula is C21H23N5O5S2. The van der Waals surface area contributed by atoms with Gasteiger partial charge < -0.3 is 10.1 Å². The van der Waals surface area contributed by atoms with Gasteiger partial charge in [0.05, 0.1) is 33.9 Å². The first kappa shape index (κ1) is 24.3. The fourth-order valence-electron chi connectivity index (χ4n) is 3.26. The Morgan fingerprint density at radius 1 is 1.30 bits per heavy atom. The molecule has 1 amide bonds.